The lowest BCUT2D eigenvalue weighted by atomic mass is 10.0. The van der Waals surface area contributed by atoms with E-state index in [1.807, 2.05) is 24.4 Å². The summed E-state index contributed by atoms with van der Waals surface area (Å²) in [6.45, 7) is 1.94. The van der Waals surface area contributed by atoms with Crippen LogP contribution in [0, 0.1) is 5.82 Å². The summed E-state index contributed by atoms with van der Waals surface area (Å²) >= 11 is 0. The Morgan fingerprint density at radius 3 is 2.52 bits per heavy atom. The highest BCUT2D eigenvalue weighted by Gasteiger charge is 2.17. The van der Waals surface area contributed by atoms with E-state index in [0.29, 0.717) is 11.3 Å². The van der Waals surface area contributed by atoms with Gasteiger partial charge in [0.1, 0.15) is 29.1 Å². The number of aromatic amines is 2. The molecule has 9 heteroatoms. The fourth-order valence-electron chi connectivity index (χ4n) is 5.39. The third kappa shape index (κ3) is 4.54. The molecule has 1 aliphatic heterocycles. The lowest BCUT2D eigenvalue weighted by Gasteiger charge is -2.23. The van der Waals surface area contributed by atoms with E-state index in [9.17, 15) is 4.39 Å². The van der Waals surface area contributed by atoms with Crippen molar-refractivity contribution in [2.45, 2.75) is 18.9 Å². The van der Waals surface area contributed by atoms with Gasteiger partial charge in [-0.15, -0.1) is 0 Å². The van der Waals surface area contributed by atoms with Gasteiger partial charge in [0, 0.05) is 40.4 Å². The summed E-state index contributed by atoms with van der Waals surface area (Å²) in [5, 5.41) is 13.0. The third-order valence-electron chi connectivity index (χ3n) is 7.42. The highest BCUT2D eigenvalue weighted by Crippen LogP contribution is 2.36. The molecule has 0 atom stereocenters. The average molecular weight is 535 g/mol. The molecule has 5 heterocycles. The van der Waals surface area contributed by atoms with Crippen LogP contribution in [0.5, 0.6) is 11.5 Å². The Hall–Kier alpha value is -4.76. The SMILES string of the molecule is COc1cc(F)cc(-c2cncc3[nH]c(-c4n[nH]c5ccc(-c6cncc(OC7CCNCC7)c6)cc45)cc23)c1. The molecule has 0 spiro atoms. The maximum atomic E-state index is 14.3. The van der Waals surface area contributed by atoms with Gasteiger partial charge in [0.2, 0.25) is 0 Å². The lowest BCUT2D eigenvalue weighted by Crippen LogP contribution is -2.34. The highest BCUT2D eigenvalue weighted by atomic mass is 19.1. The number of hydrogen-bond acceptors (Lipinski definition) is 6. The van der Waals surface area contributed by atoms with Crippen molar-refractivity contribution in [1.82, 2.24) is 30.5 Å². The number of methoxy groups -OCH3 is 1. The molecule has 0 radical (unpaired) electrons. The van der Waals surface area contributed by atoms with Crippen molar-refractivity contribution in [3.8, 4) is 45.1 Å². The molecule has 2 aromatic carbocycles. The Bertz CT molecular complexity index is 1840. The summed E-state index contributed by atoms with van der Waals surface area (Å²) in [6, 6.07) is 14.9. The molecule has 3 N–H and O–H groups in total. The fraction of sp³-hybridized carbons (Fsp3) is 0.194. The summed E-state index contributed by atoms with van der Waals surface area (Å²) in [5.74, 6) is 0.863. The Balaban J connectivity index is 1.26. The molecule has 0 unspecified atom stereocenters. The van der Waals surface area contributed by atoms with Crippen LogP contribution in [0.15, 0.2) is 73.3 Å². The Morgan fingerprint density at radius 2 is 1.65 bits per heavy atom. The van der Waals surface area contributed by atoms with E-state index < -0.39 is 0 Å². The number of piperidine rings is 1. The summed E-state index contributed by atoms with van der Waals surface area (Å²) in [4.78, 5) is 12.3. The molecule has 0 amide bonds. The summed E-state index contributed by atoms with van der Waals surface area (Å²) in [6.07, 6.45) is 9.31. The molecule has 8 nitrogen and oxygen atoms in total. The summed E-state index contributed by atoms with van der Waals surface area (Å²) in [7, 11) is 1.52. The minimum Gasteiger partial charge on any atom is -0.497 e. The normalized spacial score (nSPS) is 14.2. The molecule has 200 valence electrons. The number of nitrogens with one attached hydrogen (secondary N) is 3. The molecule has 1 fully saturated rings. The molecule has 0 aliphatic carbocycles. The molecule has 0 bridgehead atoms. The van der Waals surface area contributed by atoms with Crippen molar-refractivity contribution in [2.75, 3.05) is 20.2 Å². The van der Waals surface area contributed by atoms with Gasteiger partial charge < -0.3 is 19.8 Å². The first-order valence-electron chi connectivity index (χ1n) is 13.3. The van der Waals surface area contributed by atoms with Gasteiger partial charge in [-0.25, -0.2) is 4.39 Å². The number of aromatic nitrogens is 5. The van der Waals surface area contributed by atoms with E-state index in [-0.39, 0.29) is 11.9 Å². The van der Waals surface area contributed by atoms with Crippen LogP contribution < -0.4 is 14.8 Å². The van der Waals surface area contributed by atoms with Crippen LogP contribution in [-0.2, 0) is 0 Å². The number of ether oxygens (including phenoxy) is 2. The van der Waals surface area contributed by atoms with Crippen LogP contribution in [0.3, 0.4) is 0 Å². The molecule has 40 heavy (non-hydrogen) atoms. The zero-order valence-corrected chi connectivity index (χ0v) is 21.9. The number of halogens is 1. The molecule has 7 rings (SSSR count). The van der Waals surface area contributed by atoms with Gasteiger partial charge >= 0.3 is 0 Å². The van der Waals surface area contributed by atoms with Crippen molar-refractivity contribution < 1.29 is 13.9 Å². The number of H-pyrrole nitrogens is 2. The molecule has 4 aromatic heterocycles. The molecule has 6 aromatic rings. The van der Waals surface area contributed by atoms with E-state index in [4.69, 9.17) is 9.47 Å². The number of rotatable bonds is 6. The predicted molar refractivity (Wildman–Crippen MR) is 153 cm³/mol. The standard InChI is InChI=1S/C31H27FN6O2/c1-39-23-9-19(8-21(32)12-23)27-16-35-17-30-25(27)13-29(36-30)31-26-11-18(2-3-28(26)37-38-31)20-10-24(15-34-14-20)40-22-4-6-33-7-5-22/h2-3,8-17,22,33,36H,4-7H2,1H3,(H,37,38). The van der Waals surface area contributed by atoms with Crippen LogP contribution in [0.1, 0.15) is 12.8 Å². The van der Waals surface area contributed by atoms with E-state index in [0.717, 1.165) is 81.6 Å². The van der Waals surface area contributed by atoms with E-state index in [1.54, 1.807) is 24.7 Å². The first-order valence-corrected chi connectivity index (χ1v) is 13.3. The lowest BCUT2D eigenvalue weighted by molar-refractivity contribution is 0.162. The number of benzene rings is 2. The minimum absolute atomic E-state index is 0.205. The fourth-order valence-corrected chi connectivity index (χ4v) is 5.39. The van der Waals surface area contributed by atoms with Crippen LogP contribution in [0.25, 0.3) is 55.4 Å². The zero-order valence-electron chi connectivity index (χ0n) is 21.9. The number of hydrogen-bond donors (Lipinski definition) is 3. The topological polar surface area (TPSA) is 101 Å². The number of nitrogens with zero attached hydrogens (tertiary/aromatic N) is 3. The van der Waals surface area contributed by atoms with Crippen molar-refractivity contribution in [3.05, 3.63) is 79.1 Å². The molecule has 0 saturated carbocycles. The van der Waals surface area contributed by atoms with Gasteiger partial charge in [0.05, 0.1) is 36.2 Å². The van der Waals surface area contributed by atoms with Gasteiger partial charge in [-0.2, -0.15) is 5.10 Å². The van der Waals surface area contributed by atoms with E-state index >= 15 is 0 Å². The first kappa shape index (κ1) is 24.3. The van der Waals surface area contributed by atoms with Crippen LogP contribution in [-0.4, -0.2) is 51.5 Å². The van der Waals surface area contributed by atoms with Crippen LogP contribution >= 0.6 is 0 Å². The molecular weight excluding hydrogens is 507 g/mol. The highest BCUT2D eigenvalue weighted by molar-refractivity contribution is 6.01. The Labute approximate surface area is 229 Å². The van der Waals surface area contributed by atoms with E-state index in [1.165, 1.54) is 19.2 Å². The van der Waals surface area contributed by atoms with E-state index in [2.05, 4.69) is 42.6 Å². The quantitative estimate of drug-likeness (QED) is 0.238. The Morgan fingerprint density at radius 1 is 0.800 bits per heavy atom. The summed E-state index contributed by atoms with van der Waals surface area (Å²) in [5.41, 5.74) is 6.84. The largest absolute Gasteiger partial charge is 0.497 e. The van der Waals surface area contributed by atoms with Crippen molar-refractivity contribution in [1.29, 1.82) is 0 Å². The average Bonchev–Trinajstić information content (AvgIpc) is 3.61. The molecular formula is C31H27FN6O2. The minimum atomic E-state index is -0.368. The smallest absolute Gasteiger partial charge is 0.138 e. The van der Waals surface area contributed by atoms with Crippen LogP contribution in [0.4, 0.5) is 4.39 Å². The van der Waals surface area contributed by atoms with Gasteiger partial charge in [-0.3, -0.25) is 15.1 Å². The predicted octanol–water partition coefficient (Wildman–Crippen LogP) is 6.11. The number of pyridine rings is 2. The van der Waals surface area contributed by atoms with Crippen molar-refractivity contribution in [3.63, 3.8) is 0 Å². The van der Waals surface area contributed by atoms with Crippen molar-refractivity contribution >= 4 is 21.8 Å². The maximum absolute atomic E-state index is 14.3. The number of fused-ring (bicyclic) bond motifs is 2. The first-order chi connectivity index (χ1) is 19.6. The molecule has 1 aliphatic rings. The summed E-state index contributed by atoms with van der Waals surface area (Å²) < 4.78 is 25.8. The zero-order chi connectivity index (χ0) is 27.1. The monoisotopic (exact) mass is 534 g/mol. The van der Waals surface area contributed by atoms with Gasteiger partial charge in [0.25, 0.3) is 0 Å². The second kappa shape index (κ2) is 10.1. The van der Waals surface area contributed by atoms with Crippen LogP contribution in [0.2, 0.25) is 0 Å². The second-order valence-electron chi connectivity index (χ2n) is 10.0. The maximum Gasteiger partial charge on any atom is 0.138 e. The van der Waals surface area contributed by atoms with Gasteiger partial charge in [-0.05, 0) is 73.5 Å². The third-order valence-corrected chi connectivity index (χ3v) is 7.42. The molecule has 1 saturated heterocycles. The Kier molecular flexibility index (Phi) is 6.13. The van der Waals surface area contributed by atoms with Gasteiger partial charge in [-0.1, -0.05) is 6.07 Å². The van der Waals surface area contributed by atoms with Crippen molar-refractivity contribution in [2.24, 2.45) is 0 Å². The second-order valence-corrected chi connectivity index (χ2v) is 10.0. The van der Waals surface area contributed by atoms with Gasteiger partial charge in [0.15, 0.2) is 0 Å².